The van der Waals surface area contributed by atoms with E-state index in [4.69, 9.17) is 16.3 Å². The molecule has 0 aromatic heterocycles. The van der Waals surface area contributed by atoms with E-state index in [1.165, 1.54) is 19.2 Å². The minimum Gasteiger partial charge on any atom is -0.383 e. The van der Waals surface area contributed by atoms with Crippen LogP contribution in [0.15, 0.2) is 53.4 Å². The summed E-state index contributed by atoms with van der Waals surface area (Å²) in [6.45, 7) is 2.04. The van der Waals surface area contributed by atoms with E-state index in [1.54, 1.807) is 43.3 Å². The molecule has 2 aromatic carbocycles. The zero-order valence-electron chi connectivity index (χ0n) is 14.6. The molecule has 6 nitrogen and oxygen atoms in total. The fourth-order valence-corrected chi connectivity index (χ4v) is 4.01. The Bertz CT molecular complexity index is 857. The second-order valence-electron chi connectivity index (χ2n) is 5.60. The fraction of sp³-hybridized carbons (Fsp3) is 0.278. The van der Waals surface area contributed by atoms with Crippen LogP contribution in [-0.2, 0) is 19.6 Å². The van der Waals surface area contributed by atoms with Crippen LogP contribution >= 0.6 is 11.6 Å². The lowest BCUT2D eigenvalue weighted by Gasteiger charge is -2.25. The van der Waals surface area contributed by atoms with Crippen molar-refractivity contribution in [3.8, 4) is 0 Å². The minimum absolute atomic E-state index is 0.101. The van der Waals surface area contributed by atoms with Crippen molar-refractivity contribution in [2.45, 2.75) is 11.8 Å². The lowest BCUT2D eigenvalue weighted by molar-refractivity contribution is -0.119. The highest BCUT2D eigenvalue weighted by Crippen LogP contribution is 2.29. The van der Waals surface area contributed by atoms with Crippen LogP contribution in [0.2, 0.25) is 5.02 Å². The number of nitrogens with one attached hydrogen (secondary N) is 1. The molecule has 26 heavy (non-hydrogen) atoms. The third-order valence-corrected chi connectivity index (χ3v) is 5.70. The molecule has 0 saturated heterocycles. The number of ether oxygens (including phenoxy) is 1. The number of carbonyl (C=O) groups excluding carboxylic acids is 1. The first-order chi connectivity index (χ1) is 12.4. The van der Waals surface area contributed by atoms with E-state index in [0.717, 1.165) is 4.31 Å². The number of amides is 1. The minimum atomic E-state index is -3.94. The topological polar surface area (TPSA) is 75.7 Å². The van der Waals surface area contributed by atoms with Crippen molar-refractivity contribution in [2.75, 3.05) is 31.1 Å². The molecule has 2 rings (SSSR count). The highest BCUT2D eigenvalue weighted by atomic mass is 35.5. The molecule has 0 aliphatic carbocycles. The molecule has 8 heteroatoms. The maximum Gasteiger partial charge on any atom is 0.264 e. The number of carbonyl (C=O) groups is 1. The molecule has 0 spiro atoms. The first-order valence-corrected chi connectivity index (χ1v) is 9.77. The van der Waals surface area contributed by atoms with Gasteiger partial charge in [-0.05, 0) is 36.8 Å². The normalized spacial score (nSPS) is 11.2. The Labute approximate surface area is 158 Å². The molecular weight excluding hydrogens is 376 g/mol. The molecule has 0 saturated carbocycles. The number of hydrogen-bond donors (Lipinski definition) is 1. The van der Waals surface area contributed by atoms with Gasteiger partial charge in [-0.1, -0.05) is 35.9 Å². The van der Waals surface area contributed by atoms with Gasteiger partial charge in [0.25, 0.3) is 10.0 Å². The number of benzene rings is 2. The van der Waals surface area contributed by atoms with Crippen molar-refractivity contribution in [3.63, 3.8) is 0 Å². The Morgan fingerprint density at radius 2 is 1.88 bits per heavy atom. The second kappa shape index (κ2) is 9.02. The zero-order chi connectivity index (χ0) is 19.2. The number of halogens is 1. The third-order valence-electron chi connectivity index (χ3n) is 3.69. The van der Waals surface area contributed by atoms with Crippen molar-refractivity contribution < 1.29 is 17.9 Å². The molecule has 0 aliphatic rings. The summed E-state index contributed by atoms with van der Waals surface area (Å²) >= 11 is 6.06. The van der Waals surface area contributed by atoms with Gasteiger partial charge in [0.15, 0.2) is 0 Å². The number of sulfonamides is 1. The van der Waals surface area contributed by atoms with Gasteiger partial charge in [-0.3, -0.25) is 9.10 Å². The van der Waals surface area contributed by atoms with Gasteiger partial charge in [0.05, 0.1) is 17.2 Å². The van der Waals surface area contributed by atoms with Crippen molar-refractivity contribution in [3.05, 3.63) is 59.1 Å². The average molecular weight is 397 g/mol. The smallest absolute Gasteiger partial charge is 0.264 e. The van der Waals surface area contributed by atoms with Crippen molar-refractivity contribution >= 4 is 33.2 Å². The van der Waals surface area contributed by atoms with E-state index in [-0.39, 0.29) is 11.4 Å². The number of hydrogen-bond acceptors (Lipinski definition) is 4. The summed E-state index contributed by atoms with van der Waals surface area (Å²) in [6, 6.07) is 12.9. The zero-order valence-corrected chi connectivity index (χ0v) is 16.2. The molecule has 0 unspecified atom stereocenters. The largest absolute Gasteiger partial charge is 0.383 e. The van der Waals surface area contributed by atoms with Gasteiger partial charge in [0, 0.05) is 18.7 Å². The maximum atomic E-state index is 13.1. The Morgan fingerprint density at radius 1 is 1.19 bits per heavy atom. The summed E-state index contributed by atoms with van der Waals surface area (Å²) < 4.78 is 32.2. The monoisotopic (exact) mass is 396 g/mol. The van der Waals surface area contributed by atoms with E-state index in [2.05, 4.69) is 5.32 Å². The van der Waals surface area contributed by atoms with Crippen LogP contribution in [0.3, 0.4) is 0 Å². The highest BCUT2D eigenvalue weighted by Gasteiger charge is 2.28. The first kappa shape index (κ1) is 20.2. The molecule has 1 N–H and O–H groups in total. The van der Waals surface area contributed by atoms with Gasteiger partial charge in [0.1, 0.15) is 6.54 Å². The van der Waals surface area contributed by atoms with Gasteiger partial charge in [0.2, 0.25) is 5.91 Å². The van der Waals surface area contributed by atoms with Crippen LogP contribution in [0.4, 0.5) is 5.69 Å². The summed E-state index contributed by atoms with van der Waals surface area (Å²) in [5, 5.41) is 3.03. The Balaban J connectivity index is 2.42. The molecule has 0 aliphatic heterocycles. The molecular formula is C18H21ClN2O4S. The van der Waals surface area contributed by atoms with E-state index >= 15 is 0 Å². The van der Waals surface area contributed by atoms with Gasteiger partial charge in [-0.25, -0.2) is 8.42 Å². The lowest BCUT2D eigenvalue weighted by Crippen LogP contribution is -2.42. The quantitative estimate of drug-likeness (QED) is 0.696. The van der Waals surface area contributed by atoms with E-state index in [0.29, 0.717) is 29.4 Å². The second-order valence-corrected chi connectivity index (χ2v) is 7.90. The standard InChI is InChI=1S/C18H21ClN2O4S/c1-14-8-9-15(19)12-17(14)21(13-18(22)20-10-11-25-2)26(23,24)16-6-4-3-5-7-16/h3-9,12H,10-11,13H2,1-2H3,(H,20,22). The van der Waals surface area contributed by atoms with Gasteiger partial charge >= 0.3 is 0 Å². The number of rotatable bonds is 8. The molecule has 0 atom stereocenters. The van der Waals surface area contributed by atoms with E-state index < -0.39 is 15.9 Å². The predicted octanol–water partition coefficient (Wildman–Crippen LogP) is 2.61. The number of aryl methyl sites for hydroxylation is 1. The molecule has 140 valence electrons. The summed E-state index contributed by atoms with van der Waals surface area (Å²) in [5.41, 5.74) is 1.06. The summed E-state index contributed by atoms with van der Waals surface area (Å²) in [4.78, 5) is 12.4. The van der Waals surface area contributed by atoms with Crippen LogP contribution in [0.1, 0.15) is 5.56 Å². The van der Waals surface area contributed by atoms with Crippen molar-refractivity contribution in [1.82, 2.24) is 5.32 Å². The number of anilines is 1. The van der Waals surface area contributed by atoms with Crippen LogP contribution in [-0.4, -0.2) is 41.1 Å². The van der Waals surface area contributed by atoms with Crippen LogP contribution in [0.25, 0.3) is 0 Å². The fourth-order valence-electron chi connectivity index (χ4n) is 2.35. The van der Waals surface area contributed by atoms with Crippen LogP contribution in [0.5, 0.6) is 0 Å². The van der Waals surface area contributed by atoms with Gasteiger partial charge in [-0.2, -0.15) is 0 Å². The predicted molar refractivity (Wildman–Crippen MR) is 102 cm³/mol. The molecule has 2 aromatic rings. The maximum absolute atomic E-state index is 13.1. The highest BCUT2D eigenvalue weighted by molar-refractivity contribution is 7.92. The number of methoxy groups -OCH3 is 1. The Hall–Kier alpha value is -2.09. The van der Waals surface area contributed by atoms with E-state index in [9.17, 15) is 13.2 Å². The number of nitrogens with zero attached hydrogens (tertiary/aromatic N) is 1. The van der Waals surface area contributed by atoms with Crippen LogP contribution in [0, 0.1) is 6.92 Å². The summed E-state index contributed by atoms with van der Waals surface area (Å²) in [5.74, 6) is -0.430. The first-order valence-electron chi connectivity index (χ1n) is 7.96. The Kier molecular flexibility index (Phi) is 7.02. The van der Waals surface area contributed by atoms with Gasteiger partial charge < -0.3 is 10.1 Å². The molecule has 0 bridgehead atoms. The van der Waals surface area contributed by atoms with Crippen molar-refractivity contribution in [2.24, 2.45) is 0 Å². The molecule has 0 heterocycles. The summed E-state index contributed by atoms with van der Waals surface area (Å²) in [7, 11) is -2.41. The third kappa shape index (κ3) is 4.97. The Morgan fingerprint density at radius 3 is 2.54 bits per heavy atom. The molecule has 1 amide bonds. The lowest BCUT2D eigenvalue weighted by atomic mass is 10.2. The van der Waals surface area contributed by atoms with E-state index in [1.807, 2.05) is 0 Å². The molecule has 0 radical (unpaired) electrons. The summed E-state index contributed by atoms with van der Waals surface area (Å²) in [6.07, 6.45) is 0. The van der Waals surface area contributed by atoms with Crippen molar-refractivity contribution in [1.29, 1.82) is 0 Å². The average Bonchev–Trinajstić information content (AvgIpc) is 2.63. The van der Waals surface area contributed by atoms with Gasteiger partial charge in [-0.15, -0.1) is 0 Å². The SMILES string of the molecule is COCCNC(=O)CN(c1cc(Cl)ccc1C)S(=O)(=O)c1ccccc1. The van der Waals surface area contributed by atoms with Crippen LogP contribution < -0.4 is 9.62 Å². The molecule has 0 fully saturated rings.